The van der Waals surface area contributed by atoms with E-state index in [4.69, 9.17) is 5.14 Å². The number of benzene rings is 1. The first-order valence-electron chi connectivity index (χ1n) is 6.62. The lowest BCUT2D eigenvalue weighted by molar-refractivity contribution is 0.0890. The van der Waals surface area contributed by atoms with E-state index in [-0.39, 0.29) is 16.2 Å². The second-order valence-electron chi connectivity index (χ2n) is 5.93. The van der Waals surface area contributed by atoms with Crippen molar-refractivity contribution in [1.29, 1.82) is 0 Å². The highest BCUT2D eigenvalue weighted by Gasteiger charge is 2.32. The SMILES string of the molecule is Cc1cc(C(=O)NCC2(C)CCC2)cc(S(N)(=O)=O)c1. The van der Waals surface area contributed by atoms with Gasteiger partial charge in [0.25, 0.3) is 5.91 Å². The third kappa shape index (κ3) is 3.37. The highest BCUT2D eigenvalue weighted by atomic mass is 32.2. The maximum Gasteiger partial charge on any atom is 0.251 e. The zero-order chi connectivity index (χ0) is 15.0. The molecule has 0 unspecified atom stereocenters. The molecule has 20 heavy (non-hydrogen) atoms. The molecule has 2 rings (SSSR count). The Kier molecular flexibility index (Phi) is 3.88. The first-order chi connectivity index (χ1) is 9.20. The lowest BCUT2D eigenvalue weighted by Crippen LogP contribution is -2.40. The summed E-state index contributed by atoms with van der Waals surface area (Å²) in [5.41, 5.74) is 1.20. The average molecular weight is 296 g/mol. The van der Waals surface area contributed by atoms with Gasteiger partial charge in [0.05, 0.1) is 4.90 Å². The van der Waals surface area contributed by atoms with Crippen molar-refractivity contribution in [2.75, 3.05) is 6.54 Å². The van der Waals surface area contributed by atoms with Gasteiger partial charge in [0.15, 0.2) is 0 Å². The van der Waals surface area contributed by atoms with Crippen LogP contribution < -0.4 is 10.5 Å². The van der Waals surface area contributed by atoms with Crippen LogP contribution in [0, 0.1) is 12.3 Å². The number of nitrogens with one attached hydrogen (secondary N) is 1. The highest BCUT2D eigenvalue weighted by molar-refractivity contribution is 7.89. The van der Waals surface area contributed by atoms with Crippen molar-refractivity contribution < 1.29 is 13.2 Å². The molecule has 1 aromatic carbocycles. The normalized spacial score (nSPS) is 17.4. The molecule has 1 fully saturated rings. The van der Waals surface area contributed by atoms with Gasteiger partial charge in [-0.3, -0.25) is 4.79 Å². The number of hydrogen-bond donors (Lipinski definition) is 2. The predicted molar refractivity (Wildman–Crippen MR) is 76.8 cm³/mol. The number of primary sulfonamides is 1. The van der Waals surface area contributed by atoms with Crippen LogP contribution in [0.25, 0.3) is 0 Å². The lowest BCUT2D eigenvalue weighted by Gasteiger charge is -2.38. The number of carbonyl (C=O) groups excluding carboxylic acids is 1. The number of nitrogens with two attached hydrogens (primary N) is 1. The molecule has 0 aromatic heterocycles. The molecular formula is C14H20N2O3S. The average Bonchev–Trinajstić information content (AvgIpc) is 2.31. The number of aryl methyl sites for hydroxylation is 1. The van der Waals surface area contributed by atoms with E-state index in [1.807, 2.05) is 0 Å². The molecule has 0 heterocycles. The van der Waals surface area contributed by atoms with Gasteiger partial charge in [0, 0.05) is 12.1 Å². The van der Waals surface area contributed by atoms with Gasteiger partial charge in [-0.15, -0.1) is 0 Å². The van der Waals surface area contributed by atoms with E-state index >= 15 is 0 Å². The summed E-state index contributed by atoms with van der Waals surface area (Å²) in [7, 11) is -3.80. The summed E-state index contributed by atoms with van der Waals surface area (Å²) in [5.74, 6) is -0.258. The molecule has 0 atom stereocenters. The van der Waals surface area contributed by atoms with Crippen molar-refractivity contribution in [2.45, 2.75) is 38.0 Å². The molecule has 0 saturated heterocycles. The Morgan fingerprint density at radius 3 is 2.50 bits per heavy atom. The van der Waals surface area contributed by atoms with Crippen molar-refractivity contribution >= 4 is 15.9 Å². The summed E-state index contributed by atoms with van der Waals surface area (Å²) >= 11 is 0. The van der Waals surface area contributed by atoms with Crippen molar-refractivity contribution in [3.05, 3.63) is 29.3 Å². The van der Waals surface area contributed by atoms with Crippen molar-refractivity contribution in [3.8, 4) is 0 Å². The Bertz CT molecular complexity index is 634. The Morgan fingerprint density at radius 2 is 2.00 bits per heavy atom. The predicted octanol–water partition coefficient (Wildman–Crippen LogP) is 1.56. The Labute approximate surface area is 119 Å². The molecule has 0 bridgehead atoms. The molecule has 1 amide bonds. The zero-order valence-electron chi connectivity index (χ0n) is 11.8. The van der Waals surface area contributed by atoms with Crippen LogP contribution in [0.4, 0.5) is 0 Å². The second kappa shape index (κ2) is 5.18. The quantitative estimate of drug-likeness (QED) is 0.883. The van der Waals surface area contributed by atoms with Gasteiger partial charge >= 0.3 is 0 Å². The van der Waals surface area contributed by atoms with Gasteiger partial charge in [-0.1, -0.05) is 13.3 Å². The summed E-state index contributed by atoms with van der Waals surface area (Å²) in [4.78, 5) is 12.1. The molecule has 0 radical (unpaired) electrons. The minimum atomic E-state index is -3.80. The van der Waals surface area contributed by atoms with Crippen LogP contribution in [0.3, 0.4) is 0 Å². The summed E-state index contributed by atoms with van der Waals surface area (Å²) in [6.45, 7) is 4.49. The number of sulfonamides is 1. The third-order valence-corrected chi connectivity index (χ3v) is 4.77. The zero-order valence-corrected chi connectivity index (χ0v) is 12.6. The molecule has 1 aromatic rings. The molecule has 1 saturated carbocycles. The lowest BCUT2D eigenvalue weighted by atomic mass is 9.70. The van der Waals surface area contributed by atoms with Gasteiger partial charge in [-0.05, 0) is 48.9 Å². The smallest absolute Gasteiger partial charge is 0.251 e. The van der Waals surface area contributed by atoms with Crippen LogP contribution in [0.15, 0.2) is 23.1 Å². The monoisotopic (exact) mass is 296 g/mol. The van der Waals surface area contributed by atoms with Crippen LogP contribution in [0.2, 0.25) is 0 Å². The molecule has 0 aliphatic heterocycles. The van der Waals surface area contributed by atoms with Crippen molar-refractivity contribution in [1.82, 2.24) is 5.32 Å². The van der Waals surface area contributed by atoms with Crippen LogP contribution in [0.1, 0.15) is 42.1 Å². The van der Waals surface area contributed by atoms with E-state index in [9.17, 15) is 13.2 Å². The number of amides is 1. The summed E-state index contributed by atoms with van der Waals surface area (Å²) in [6.07, 6.45) is 3.43. The molecule has 110 valence electrons. The highest BCUT2D eigenvalue weighted by Crippen LogP contribution is 2.39. The minimum Gasteiger partial charge on any atom is -0.351 e. The molecule has 1 aliphatic rings. The molecular weight excluding hydrogens is 276 g/mol. The number of carbonyl (C=O) groups is 1. The number of rotatable bonds is 4. The van der Waals surface area contributed by atoms with Crippen LogP contribution >= 0.6 is 0 Å². The molecule has 0 spiro atoms. The topological polar surface area (TPSA) is 89.3 Å². The third-order valence-electron chi connectivity index (χ3n) is 3.88. The van der Waals surface area contributed by atoms with Crippen LogP contribution in [-0.4, -0.2) is 20.9 Å². The summed E-state index contributed by atoms with van der Waals surface area (Å²) in [6, 6.07) is 4.44. The van der Waals surface area contributed by atoms with E-state index in [1.54, 1.807) is 13.0 Å². The van der Waals surface area contributed by atoms with Crippen molar-refractivity contribution in [2.24, 2.45) is 10.6 Å². The fraction of sp³-hybridized carbons (Fsp3) is 0.500. The maximum absolute atomic E-state index is 12.1. The Balaban J connectivity index is 2.15. The van der Waals surface area contributed by atoms with E-state index in [0.717, 1.165) is 12.8 Å². The molecule has 3 N–H and O–H groups in total. The first-order valence-corrected chi connectivity index (χ1v) is 8.17. The van der Waals surface area contributed by atoms with Crippen LogP contribution in [0.5, 0.6) is 0 Å². The summed E-state index contributed by atoms with van der Waals surface area (Å²) < 4.78 is 22.8. The second-order valence-corrected chi connectivity index (χ2v) is 7.49. The Morgan fingerprint density at radius 1 is 1.35 bits per heavy atom. The van der Waals surface area contributed by atoms with Gasteiger partial charge in [-0.2, -0.15) is 0 Å². The molecule has 6 heteroatoms. The van der Waals surface area contributed by atoms with Crippen LogP contribution in [-0.2, 0) is 10.0 Å². The minimum absolute atomic E-state index is 0.0301. The summed E-state index contributed by atoms with van der Waals surface area (Å²) in [5, 5.41) is 7.98. The van der Waals surface area contributed by atoms with Gasteiger partial charge in [0.1, 0.15) is 0 Å². The van der Waals surface area contributed by atoms with E-state index < -0.39 is 10.0 Å². The molecule has 5 nitrogen and oxygen atoms in total. The van der Waals surface area contributed by atoms with E-state index in [2.05, 4.69) is 12.2 Å². The van der Waals surface area contributed by atoms with Gasteiger partial charge in [-0.25, -0.2) is 13.6 Å². The largest absolute Gasteiger partial charge is 0.351 e. The van der Waals surface area contributed by atoms with E-state index in [1.165, 1.54) is 18.6 Å². The maximum atomic E-state index is 12.1. The van der Waals surface area contributed by atoms with Gasteiger partial charge in [0.2, 0.25) is 10.0 Å². The fourth-order valence-corrected chi connectivity index (χ4v) is 3.04. The first kappa shape index (κ1) is 15.0. The standard InChI is InChI=1S/C14H20N2O3S/c1-10-6-11(8-12(7-10)20(15,18)19)13(17)16-9-14(2)4-3-5-14/h6-8H,3-5,9H2,1-2H3,(H,16,17)(H2,15,18,19). The number of hydrogen-bond acceptors (Lipinski definition) is 3. The fourth-order valence-electron chi connectivity index (χ4n) is 2.40. The molecule has 1 aliphatic carbocycles. The van der Waals surface area contributed by atoms with Gasteiger partial charge < -0.3 is 5.32 Å². The van der Waals surface area contributed by atoms with Crippen molar-refractivity contribution in [3.63, 3.8) is 0 Å². The van der Waals surface area contributed by atoms with E-state index in [0.29, 0.717) is 17.7 Å². The Hall–Kier alpha value is -1.40.